The van der Waals surface area contributed by atoms with Gasteiger partial charge in [-0.3, -0.25) is 0 Å². The van der Waals surface area contributed by atoms with Gasteiger partial charge in [-0.1, -0.05) is 29.3 Å². The highest BCUT2D eigenvalue weighted by Gasteiger charge is 2.04. The lowest BCUT2D eigenvalue weighted by Gasteiger charge is -2.08. The summed E-state index contributed by atoms with van der Waals surface area (Å²) in [4.78, 5) is 4.18. The van der Waals surface area contributed by atoms with Crippen LogP contribution in [0.5, 0.6) is 0 Å². The van der Waals surface area contributed by atoms with Gasteiger partial charge in [-0.15, -0.1) is 0 Å². The van der Waals surface area contributed by atoms with E-state index in [0.29, 0.717) is 10.0 Å². The Hall–Kier alpha value is -1.19. The number of aromatic nitrogens is 2. The average Bonchev–Trinajstić information content (AvgIpc) is 2.75. The lowest BCUT2D eigenvalue weighted by Crippen LogP contribution is -2.05. The van der Waals surface area contributed by atoms with Crippen LogP contribution in [0.15, 0.2) is 30.6 Å². The van der Waals surface area contributed by atoms with Gasteiger partial charge in [0, 0.05) is 36.0 Å². The second kappa shape index (κ2) is 5.43. The molecule has 1 aromatic carbocycles. The summed E-state index contributed by atoms with van der Waals surface area (Å²) in [6.45, 7) is 0.831. The van der Waals surface area contributed by atoms with Crippen molar-refractivity contribution < 1.29 is 0 Å². The molecule has 0 saturated heterocycles. The van der Waals surface area contributed by atoms with Crippen LogP contribution in [0.1, 0.15) is 5.56 Å². The molecule has 0 unspecified atom stereocenters. The van der Waals surface area contributed by atoms with Crippen LogP contribution < -0.4 is 5.32 Å². The first kappa shape index (κ1) is 12.3. The third-order valence-electron chi connectivity index (χ3n) is 2.58. The van der Waals surface area contributed by atoms with Gasteiger partial charge < -0.3 is 9.88 Å². The van der Waals surface area contributed by atoms with Crippen molar-refractivity contribution in [3.05, 3.63) is 46.2 Å². The zero-order chi connectivity index (χ0) is 12.3. The van der Waals surface area contributed by atoms with Crippen LogP contribution in [-0.2, 0) is 13.0 Å². The van der Waals surface area contributed by atoms with Crippen LogP contribution >= 0.6 is 23.2 Å². The number of halogens is 2. The van der Waals surface area contributed by atoms with Crippen molar-refractivity contribution in [1.82, 2.24) is 9.55 Å². The Morgan fingerprint density at radius 2 is 2.18 bits per heavy atom. The zero-order valence-corrected chi connectivity index (χ0v) is 11.0. The molecule has 2 aromatic rings. The van der Waals surface area contributed by atoms with Gasteiger partial charge in [-0.05, 0) is 24.1 Å². The van der Waals surface area contributed by atoms with Gasteiger partial charge in [-0.25, -0.2) is 4.98 Å². The lowest BCUT2D eigenvalue weighted by molar-refractivity contribution is 0.703. The molecule has 0 saturated carbocycles. The number of hydrogen-bond donors (Lipinski definition) is 1. The summed E-state index contributed by atoms with van der Waals surface area (Å²) in [7, 11) is 1.86. The molecule has 0 fully saturated rings. The molecule has 3 nitrogen and oxygen atoms in total. The van der Waals surface area contributed by atoms with Crippen LogP contribution in [0.2, 0.25) is 10.0 Å². The van der Waals surface area contributed by atoms with Crippen molar-refractivity contribution in [2.24, 2.45) is 0 Å². The normalized spacial score (nSPS) is 10.5. The Kier molecular flexibility index (Phi) is 3.92. The Bertz CT molecular complexity index is 508. The molecule has 0 aliphatic carbocycles. The van der Waals surface area contributed by atoms with E-state index < -0.39 is 0 Å². The third-order valence-corrected chi connectivity index (χ3v) is 3.16. The van der Waals surface area contributed by atoms with Gasteiger partial charge in [0.25, 0.3) is 0 Å². The Labute approximate surface area is 110 Å². The van der Waals surface area contributed by atoms with E-state index in [-0.39, 0.29) is 0 Å². The maximum absolute atomic E-state index is 6.12. The van der Waals surface area contributed by atoms with Gasteiger partial charge >= 0.3 is 0 Å². The SMILES string of the molecule is CNc1nccn1CCc1ccc(Cl)cc1Cl. The predicted octanol–water partition coefficient (Wildman–Crippen LogP) is 3.47. The molecule has 0 radical (unpaired) electrons. The molecule has 1 aromatic heterocycles. The fourth-order valence-electron chi connectivity index (χ4n) is 1.68. The topological polar surface area (TPSA) is 29.9 Å². The minimum Gasteiger partial charge on any atom is -0.359 e. The maximum Gasteiger partial charge on any atom is 0.202 e. The number of anilines is 1. The van der Waals surface area contributed by atoms with Crippen molar-refractivity contribution >= 4 is 29.2 Å². The second-order valence-electron chi connectivity index (χ2n) is 3.68. The predicted molar refractivity (Wildman–Crippen MR) is 71.9 cm³/mol. The molecule has 5 heteroatoms. The number of nitrogens with one attached hydrogen (secondary N) is 1. The molecule has 0 amide bonds. The summed E-state index contributed by atoms with van der Waals surface area (Å²) in [6, 6.07) is 5.58. The molecule has 90 valence electrons. The fraction of sp³-hybridized carbons (Fsp3) is 0.250. The third kappa shape index (κ3) is 2.93. The Balaban J connectivity index is 2.07. The van der Waals surface area contributed by atoms with E-state index in [1.165, 1.54) is 0 Å². The van der Waals surface area contributed by atoms with Crippen LogP contribution in [0, 0.1) is 0 Å². The van der Waals surface area contributed by atoms with E-state index in [9.17, 15) is 0 Å². The molecule has 2 rings (SSSR count). The number of hydrogen-bond acceptors (Lipinski definition) is 2. The first-order chi connectivity index (χ1) is 8.20. The van der Waals surface area contributed by atoms with Crippen LogP contribution in [0.4, 0.5) is 5.95 Å². The summed E-state index contributed by atoms with van der Waals surface area (Å²) in [6.07, 6.45) is 4.56. The number of imidazole rings is 1. The highest BCUT2D eigenvalue weighted by atomic mass is 35.5. The zero-order valence-electron chi connectivity index (χ0n) is 9.45. The number of rotatable bonds is 4. The standard InChI is InChI=1S/C12H13Cl2N3/c1-15-12-16-5-7-17(12)6-4-9-2-3-10(13)8-11(9)14/h2-3,5,7-8H,4,6H2,1H3,(H,15,16). The molecular weight excluding hydrogens is 257 g/mol. The van der Waals surface area contributed by atoms with E-state index in [2.05, 4.69) is 10.3 Å². The van der Waals surface area contributed by atoms with Crippen molar-refractivity contribution in [2.75, 3.05) is 12.4 Å². The fourth-order valence-corrected chi connectivity index (χ4v) is 2.19. The van der Waals surface area contributed by atoms with Gasteiger partial charge in [0.2, 0.25) is 5.95 Å². The summed E-state index contributed by atoms with van der Waals surface area (Å²) in [5.74, 6) is 0.857. The van der Waals surface area contributed by atoms with E-state index in [1.54, 1.807) is 12.3 Å². The Morgan fingerprint density at radius 1 is 1.35 bits per heavy atom. The minimum atomic E-state index is 0.664. The first-order valence-corrected chi connectivity index (χ1v) is 6.09. The number of aryl methyl sites for hydroxylation is 2. The van der Waals surface area contributed by atoms with Crippen molar-refractivity contribution in [3.8, 4) is 0 Å². The highest BCUT2D eigenvalue weighted by Crippen LogP contribution is 2.22. The van der Waals surface area contributed by atoms with Crippen molar-refractivity contribution in [1.29, 1.82) is 0 Å². The molecule has 0 spiro atoms. The van der Waals surface area contributed by atoms with Crippen LogP contribution in [-0.4, -0.2) is 16.6 Å². The maximum atomic E-state index is 6.12. The summed E-state index contributed by atoms with van der Waals surface area (Å²) in [5.41, 5.74) is 1.09. The van der Waals surface area contributed by atoms with Gasteiger partial charge in [0.1, 0.15) is 0 Å². The summed E-state index contributed by atoms with van der Waals surface area (Å²) in [5, 5.41) is 4.41. The molecule has 0 aliphatic heterocycles. The quantitative estimate of drug-likeness (QED) is 0.921. The first-order valence-electron chi connectivity index (χ1n) is 5.33. The van der Waals surface area contributed by atoms with Gasteiger partial charge in [0.15, 0.2) is 0 Å². The smallest absolute Gasteiger partial charge is 0.202 e. The van der Waals surface area contributed by atoms with E-state index in [0.717, 1.165) is 24.5 Å². The van der Waals surface area contributed by atoms with E-state index in [1.807, 2.05) is 29.9 Å². The van der Waals surface area contributed by atoms with Crippen molar-refractivity contribution in [2.45, 2.75) is 13.0 Å². The van der Waals surface area contributed by atoms with Crippen LogP contribution in [0.3, 0.4) is 0 Å². The number of benzene rings is 1. The minimum absolute atomic E-state index is 0.664. The lowest BCUT2D eigenvalue weighted by atomic mass is 10.1. The van der Waals surface area contributed by atoms with Gasteiger partial charge in [-0.2, -0.15) is 0 Å². The molecule has 0 aliphatic rings. The monoisotopic (exact) mass is 269 g/mol. The molecular formula is C12H13Cl2N3. The molecule has 1 N–H and O–H groups in total. The number of nitrogens with zero attached hydrogens (tertiary/aromatic N) is 2. The molecule has 1 heterocycles. The molecule has 0 atom stereocenters. The summed E-state index contributed by atoms with van der Waals surface area (Å²) >= 11 is 12.0. The van der Waals surface area contributed by atoms with E-state index >= 15 is 0 Å². The van der Waals surface area contributed by atoms with Crippen molar-refractivity contribution in [3.63, 3.8) is 0 Å². The van der Waals surface area contributed by atoms with Crippen LogP contribution in [0.25, 0.3) is 0 Å². The molecule has 0 bridgehead atoms. The molecule has 17 heavy (non-hydrogen) atoms. The largest absolute Gasteiger partial charge is 0.359 e. The van der Waals surface area contributed by atoms with E-state index in [4.69, 9.17) is 23.2 Å². The second-order valence-corrected chi connectivity index (χ2v) is 4.52. The average molecular weight is 270 g/mol. The van der Waals surface area contributed by atoms with Gasteiger partial charge in [0.05, 0.1) is 0 Å². The summed E-state index contributed by atoms with van der Waals surface area (Å²) < 4.78 is 2.05. The Morgan fingerprint density at radius 3 is 2.88 bits per heavy atom. The highest BCUT2D eigenvalue weighted by molar-refractivity contribution is 6.35.